The molecule has 2 heteroatoms. The zero-order chi connectivity index (χ0) is 6.74. The van der Waals surface area contributed by atoms with E-state index < -0.39 is 5.67 Å². The Kier molecular flexibility index (Phi) is 2.06. The van der Waals surface area contributed by atoms with E-state index in [2.05, 4.69) is 0 Å². The highest BCUT2D eigenvalue weighted by Gasteiger charge is 2.32. The molecule has 0 aromatic rings. The Hall–Kier alpha value is -0.110. The first-order valence-electron chi connectivity index (χ1n) is 3.66. The van der Waals surface area contributed by atoms with E-state index in [-0.39, 0.29) is 0 Å². The first-order chi connectivity index (χ1) is 4.27. The molecule has 0 saturated heterocycles. The molecule has 0 spiro atoms. The van der Waals surface area contributed by atoms with Crippen molar-refractivity contribution in [2.75, 3.05) is 6.54 Å². The Bertz CT molecular complexity index is 86.9. The smallest absolute Gasteiger partial charge is 0.112 e. The standard InChI is InChI=1S/C7H14FN/c8-7(5-6-9)3-1-2-4-7/h1-6,9H2. The predicted octanol–water partition coefficient (Wildman–Crippen LogP) is 1.62. The number of nitrogens with two attached hydrogens (primary N) is 1. The van der Waals surface area contributed by atoms with Crippen molar-refractivity contribution in [1.82, 2.24) is 0 Å². The van der Waals surface area contributed by atoms with E-state index in [1.807, 2.05) is 0 Å². The maximum atomic E-state index is 13.2. The molecule has 1 aliphatic rings. The highest BCUT2D eigenvalue weighted by molar-refractivity contribution is 4.84. The lowest BCUT2D eigenvalue weighted by molar-refractivity contribution is 0.162. The van der Waals surface area contributed by atoms with E-state index in [9.17, 15) is 4.39 Å². The predicted molar refractivity (Wildman–Crippen MR) is 36.0 cm³/mol. The summed E-state index contributed by atoms with van der Waals surface area (Å²) in [4.78, 5) is 0. The maximum Gasteiger partial charge on any atom is 0.112 e. The molecule has 1 rings (SSSR count). The third kappa shape index (κ3) is 1.65. The summed E-state index contributed by atoms with van der Waals surface area (Å²) in [5.41, 5.74) is 4.37. The molecule has 1 nitrogen and oxygen atoms in total. The van der Waals surface area contributed by atoms with Gasteiger partial charge in [0.05, 0.1) is 0 Å². The molecule has 0 unspecified atom stereocenters. The summed E-state index contributed by atoms with van der Waals surface area (Å²) in [5, 5.41) is 0. The molecular weight excluding hydrogens is 117 g/mol. The van der Waals surface area contributed by atoms with Crippen molar-refractivity contribution in [3.63, 3.8) is 0 Å². The number of alkyl halides is 1. The van der Waals surface area contributed by atoms with Gasteiger partial charge in [0.25, 0.3) is 0 Å². The van der Waals surface area contributed by atoms with Crippen LogP contribution in [0.5, 0.6) is 0 Å². The minimum Gasteiger partial charge on any atom is -0.330 e. The van der Waals surface area contributed by atoms with Gasteiger partial charge in [0.15, 0.2) is 0 Å². The van der Waals surface area contributed by atoms with Crippen LogP contribution in [0.4, 0.5) is 4.39 Å². The number of hydrogen-bond donors (Lipinski definition) is 1. The van der Waals surface area contributed by atoms with Gasteiger partial charge in [-0.15, -0.1) is 0 Å². The van der Waals surface area contributed by atoms with Gasteiger partial charge in [-0.05, 0) is 25.8 Å². The van der Waals surface area contributed by atoms with E-state index in [4.69, 9.17) is 5.73 Å². The van der Waals surface area contributed by atoms with Crippen molar-refractivity contribution in [2.24, 2.45) is 5.73 Å². The van der Waals surface area contributed by atoms with Crippen LogP contribution in [0.3, 0.4) is 0 Å². The Morgan fingerprint density at radius 2 is 1.89 bits per heavy atom. The first kappa shape index (κ1) is 7.00. The van der Waals surface area contributed by atoms with Gasteiger partial charge in [0.1, 0.15) is 5.67 Å². The van der Waals surface area contributed by atoms with Gasteiger partial charge >= 0.3 is 0 Å². The highest BCUT2D eigenvalue weighted by Crippen LogP contribution is 2.35. The fraction of sp³-hybridized carbons (Fsp3) is 1.00. The fourth-order valence-electron chi connectivity index (χ4n) is 1.52. The van der Waals surface area contributed by atoms with E-state index in [0.29, 0.717) is 13.0 Å². The Morgan fingerprint density at radius 3 is 2.33 bits per heavy atom. The summed E-state index contributed by atoms with van der Waals surface area (Å²) in [6.07, 6.45) is 4.15. The number of hydrogen-bond acceptors (Lipinski definition) is 1. The molecule has 0 aliphatic heterocycles. The minimum absolute atomic E-state index is 0.497. The maximum absolute atomic E-state index is 13.2. The summed E-state index contributed by atoms with van der Waals surface area (Å²) in [5.74, 6) is 0. The average molecular weight is 131 g/mol. The van der Waals surface area contributed by atoms with Crippen LogP contribution in [0.1, 0.15) is 32.1 Å². The zero-order valence-electron chi connectivity index (χ0n) is 5.70. The third-order valence-electron chi connectivity index (χ3n) is 2.09. The van der Waals surface area contributed by atoms with Gasteiger partial charge in [-0.1, -0.05) is 12.8 Å². The van der Waals surface area contributed by atoms with Crippen LogP contribution >= 0.6 is 0 Å². The van der Waals surface area contributed by atoms with Crippen LogP contribution in [0.2, 0.25) is 0 Å². The summed E-state index contributed by atoms with van der Waals surface area (Å²) in [7, 11) is 0. The number of halogens is 1. The lowest BCUT2D eigenvalue weighted by atomic mass is 10.0. The largest absolute Gasteiger partial charge is 0.330 e. The highest BCUT2D eigenvalue weighted by atomic mass is 19.1. The lowest BCUT2D eigenvalue weighted by Gasteiger charge is -2.16. The van der Waals surface area contributed by atoms with Crippen molar-refractivity contribution >= 4 is 0 Å². The molecule has 0 atom stereocenters. The van der Waals surface area contributed by atoms with Gasteiger partial charge in [-0.2, -0.15) is 0 Å². The van der Waals surface area contributed by atoms with Gasteiger partial charge < -0.3 is 5.73 Å². The fourth-order valence-corrected chi connectivity index (χ4v) is 1.52. The van der Waals surface area contributed by atoms with E-state index in [1.54, 1.807) is 0 Å². The molecule has 1 saturated carbocycles. The van der Waals surface area contributed by atoms with Crippen molar-refractivity contribution in [3.05, 3.63) is 0 Å². The zero-order valence-corrected chi connectivity index (χ0v) is 5.70. The van der Waals surface area contributed by atoms with Crippen LogP contribution < -0.4 is 5.73 Å². The Labute approximate surface area is 55.4 Å². The molecular formula is C7H14FN. The van der Waals surface area contributed by atoms with Crippen LogP contribution in [0, 0.1) is 0 Å². The molecule has 2 N–H and O–H groups in total. The quantitative estimate of drug-likeness (QED) is 0.605. The van der Waals surface area contributed by atoms with Crippen molar-refractivity contribution in [2.45, 2.75) is 37.8 Å². The van der Waals surface area contributed by atoms with E-state index in [0.717, 1.165) is 25.7 Å². The molecule has 1 fully saturated rings. The molecule has 0 bridgehead atoms. The summed E-state index contributed by atoms with van der Waals surface area (Å²) < 4.78 is 13.2. The Balaban J connectivity index is 2.32. The third-order valence-corrected chi connectivity index (χ3v) is 2.09. The van der Waals surface area contributed by atoms with Crippen molar-refractivity contribution in [3.8, 4) is 0 Å². The average Bonchev–Trinajstić information content (AvgIpc) is 2.16. The second-order valence-electron chi connectivity index (χ2n) is 2.90. The summed E-state index contributed by atoms with van der Waals surface area (Å²) >= 11 is 0. The van der Waals surface area contributed by atoms with Crippen molar-refractivity contribution < 1.29 is 4.39 Å². The summed E-state index contributed by atoms with van der Waals surface area (Å²) in [6.45, 7) is 0.497. The molecule has 1 aliphatic carbocycles. The van der Waals surface area contributed by atoms with Crippen LogP contribution in [-0.2, 0) is 0 Å². The monoisotopic (exact) mass is 131 g/mol. The molecule has 0 amide bonds. The second kappa shape index (κ2) is 2.65. The van der Waals surface area contributed by atoms with Crippen LogP contribution in [-0.4, -0.2) is 12.2 Å². The molecule has 0 aromatic carbocycles. The van der Waals surface area contributed by atoms with Gasteiger partial charge in [0.2, 0.25) is 0 Å². The lowest BCUT2D eigenvalue weighted by Crippen LogP contribution is -2.21. The Morgan fingerprint density at radius 1 is 1.33 bits per heavy atom. The van der Waals surface area contributed by atoms with Crippen LogP contribution in [0.15, 0.2) is 0 Å². The number of rotatable bonds is 2. The van der Waals surface area contributed by atoms with E-state index >= 15 is 0 Å². The molecule has 0 aromatic heterocycles. The van der Waals surface area contributed by atoms with Gasteiger partial charge in [-0.3, -0.25) is 0 Å². The van der Waals surface area contributed by atoms with Crippen molar-refractivity contribution in [1.29, 1.82) is 0 Å². The van der Waals surface area contributed by atoms with Gasteiger partial charge in [0, 0.05) is 0 Å². The molecule has 0 radical (unpaired) electrons. The van der Waals surface area contributed by atoms with E-state index in [1.165, 1.54) is 0 Å². The van der Waals surface area contributed by atoms with Gasteiger partial charge in [-0.25, -0.2) is 4.39 Å². The second-order valence-corrected chi connectivity index (χ2v) is 2.90. The summed E-state index contributed by atoms with van der Waals surface area (Å²) in [6, 6.07) is 0. The minimum atomic E-state index is -0.880. The first-order valence-corrected chi connectivity index (χ1v) is 3.66. The molecule has 0 heterocycles. The topological polar surface area (TPSA) is 26.0 Å². The molecule has 54 valence electrons. The van der Waals surface area contributed by atoms with Crippen LogP contribution in [0.25, 0.3) is 0 Å². The molecule has 9 heavy (non-hydrogen) atoms. The normalized spacial score (nSPS) is 24.7. The SMILES string of the molecule is NCCC1(F)CCCC1.